The molecule has 5 rings (SSSR count). The summed E-state index contributed by atoms with van der Waals surface area (Å²) in [4.78, 5) is 36.9. The van der Waals surface area contributed by atoms with Crippen LogP contribution in [0.2, 0.25) is 0 Å². The standard InChI is InChI=1S/C23H27N3O.C4H4O4/c1-16-24-12-13-25(16)15-18-10-11-21-22(23(18)27)19-8-4-5-9-20(19)26(21)14-17-6-2-3-7-17;5-3(6)1-2-4(7)8/h4-5,8-9,12-13,17-18H,2-3,6-7,10-11,14-15H2,1H3;1-2H,(H,5,6)(H,7,8). The number of imidazole rings is 1. The van der Waals surface area contributed by atoms with Crippen molar-refractivity contribution in [2.75, 3.05) is 0 Å². The van der Waals surface area contributed by atoms with E-state index in [1.165, 1.54) is 36.9 Å². The van der Waals surface area contributed by atoms with E-state index < -0.39 is 11.9 Å². The number of carboxylic acid groups (broad SMARTS) is 2. The van der Waals surface area contributed by atoms with Crippen molar-refractivity contribution < 1.29 is 24.6 Å². The number of nitrogens with zero attached hydrogens (tertiary/aromatic N) is 3. The smallest absolute Gasteiger partial charge is 0.328 e. The topological polar surface area (TPSA) is 114 Å². The van der Waals surface area contributed by atoms with Gasteiger partial charge in [-0.3, -0.25) is 4.79 Å². The molecular weight excluding hydrogens is 446 g/mol. The first-order valence-corrected chi connectivity index (χ1v) is 12.1. The number of hydrogen-bond acceptors (Lipinski definition) is 4. The Labute approximate surface area is 203 Å². The number of carbonyl (C=O) groups is 3. The zero-order valence-electron chi connectivity index (χ0n) is 19.9. The summed E-state index contributed by atoms with van der Waals surface area (Å²) < 4.78 is 4.60. The maximum Gasteiger partial charge on any atom is 0.328 e. The fourth-order valence-corrected chi connectivity index (χ4v) is 5.35. The number of aromatic nitrogens is 3. The zero-order valence-corrected chi connectivity index (χ0v) is 19.9. The zero-order chi connectivity index (χ0) is 24.9. The number of rotatable bonds is 6. The molecule has 0 saturated heterocycles. The van der Waals surface area contributed by atoms with Crippen molar-refractivity contribution in [1.29, 1.82) is 0 Å². The lowest BCUT2D eigenvalue weighted by molar-refractivity contribution is -0.134. The Bertz CT molecular complexity index is 1250. The SMILES string of the molecule is Cc1nccn1CC1CCc2c(c3ccccc3n2CC2CCCC2)C1=O.O=C(O)C=CC(=O)O. The summed E-state index contributed by atoms with van der Waals surface area (Å²) in [6.07, 6.45) is 12.2. The second kappa shape index (κ2) is 10.7. The number of carbonyl (C=O) groups excluding carboxylic acids is 1. The Morgan fingerprint density at radius 3 is 2.37 bits per heavy atom. The number of aliphatic carboxylic acids is 2. The molecule has 1 unspecified atom stereocenters. The third-order valence-corrected chi connectivity index (χ3v) is 7.05. The van der Waals surface area contributed by atoms with E-state index >= 15 is 0 Å². The number of fused-ring (bicyclic) bond motifs is 3. The summed E-state index contributed by atoms with van der Waals surface area (Å²) in [5.74, 6) is -0.384. The molecule has 2 aliphatic rings. The molecule has 3 aromatic rings. The Morgan fingerprint density at radius 1 is 1.06 bits per heavy atom. The number of ketones is 1. The number of para-hydroxylation sites is 1. The molecule has 2 N–H and O–H groups in total. The third kappa shape index (κ3) is 5.53. The Morgan fingerprint density at radius 2 is 1.74 bits per heavy atom. The summed E-state index contributed by atoms with van der Waals surface area (Å²) >= 11 is 0. The van der Waals surface area contributed by atoms with E-state index in [1.54, 1.807) is 0 Å². The molecule has 35 heavy (non-hydrogen) atoms. The van der Waals surface area contributed by atoms with Crippen molar-refractivity contribution in [3.63, 3.8) is 0 Å². The predicted molar refractivity (Wildman–Crippen MR) is 131 cm³/mol. The van der Waals surface area contributed by atoms with Gasteiger partial charge in [0.05, 0.1) is 0 Å². The number of Topliss-reactive ketones (excluding diaryl/α,β-unsaturated/α-hetero) is 1. The molecule has 8 nitrogen and oxygen atoms in total. The van der Waals surface area contributed by atoms with Gasteiger partial charge in [0.2, 0.25) is 0 Å². The van der Waals surface area contributed by atoms with Crippen LogP contribution in [0.15, 0.2) is 48.8 Å². The molecule has 0 radical (unpaired) electrons. The highest BCUT2D eigenvalue weighted by molar-refractivity contribution is 6.11. The minimum Gasteiger partial charge on any atom is -0.478 e. The van der Waals surface area contributed by atoms with Gasteiger partial charge < -0.3 is 19.3 Å². The Balaban J connectivity index is 0.000000314. The first-order chi connectivity index (χ1) is 16.8. The monoisotopic (exact) mass is 477 g/mol. The molecule has 0 bridgehead atoms. The maximum atomic E-state index is 13.5. The van der Waals surface area contributed by atoms with Gasteiger partial charge in [0, 0.05) is 65.7 Å². The van der Waals surface area contributed by atoms with Crippen molar-refractivity contribution >= 4 is 28.6 Å². The average Bonchev–Trinajstić information content (AvgIpc) is 3.56. The van der Waals surface area contributed by atoms with Crippen molar-refractivity contribution in [2.24, 2.45) is 11.8 Å². The number of carboxylic acids is 2. The van der Waals surface area contributed by atoms with Gasteiger partial charge in [-0.15, -0.1) is 0 Å². The average molecular weight is 478 g/mol. The lowest BCUT2D eigenvalue weighted by Gasteiger charge is -2.24. The van der Waals surface area contributed by atoms with Crippen LogP contribution in [0.1, 0.15) is 54.0 Å². The van der Waals surface area contributed by atoms with Crippen LogP contribution in [-0.4, -0.2) is 42.1 Å². The summed E-state index contributed by atoms with van der Waals surface area (Å²) in [5.41, 5.74) is 3.53. The molecule has 1 aromatic carbocycles. The molecule has 2 heterocycles. The van der Waals surface area contributed by atoms with E-state index in [4.69, 9.17) is 10.2 Å². The fraction of sp³-hybridized carbons (Fsp3) is 0.407. The minimum atomic E-state index is -1.26. The quantitative estimate of drug-likeness (QED) is 0.506. The molecule has 1 atom stereocenters. The van der Waals surface area contributed by atoms with Crippen LogP contribution >= 0.6 is 0 Å². The molecule has 184 valence electrons. The highest BCUT2D eigenvalue weighted by Crippen LogP contribution is 2.37. The van der Waals surface area contributed by atoms with Crippen LogP contribution in [0, 0.1) is 18.8 Å². The second-order valence-electron chi connectivity index (χ2n) is 9.34. The van der Waals surface area contributed by atoms with Gasteiger partial charge in [-0.25, -0.2) is 14.6 Å². The molecule has 0 spiro atoms. The number of aryl methyl sites for hydroxylation is 1. The maximum absolute atomic E-state index is 13.5. The van der Waals surface area contributed by atoms with E-state index in [9.17, 15) is 14.4 Å². The second-order valence-corrected chi connectivity index (χ2v) is 9.34. The van der Waals surface area contributed by atoms with Crippen LogP contribution in [0.3, 0.4) is 0 Å². The molecule has 0 amide bonds. The molecular formula is C27H31N3O5. The lowest BCUT2D eigenvalue weighted by Crippen LogP contribution is -2.27. The van der Waals surface area contributed by atoms with Crippen LogP contribution in [-0.2, 0) is 29.1 Å². The molecule has 8 heteroatoms. The van der Waals surface area contributed by atoms with Crippen LogP contribution in [0.5, 0.6) is 0 Å². The summed E-state index contributed by atoms with van der Waals surface area (Å²) in [5, 5.41) is 16.8. The molecule has 2 aromatic heterocycles. The largest absolute Gasteiger partial charge is 0.478 e. The lowest BCUT2D eigenvalue weighted by atomic mass is 9.85. The van der Waals surface area contributed by atoms with Crippen LogP contribution in [0.25, 0.3) is 10.9 Å². The van der Waals surface area contributed by atoms with Gasteiger partial charge in [0.1, 0.15) is 5.82 Å². The molecule has 1 saturated carbocycles. The van der Waals surface area contributed by atoms with Crippen LogP contribution in [0.4, 0.5) is 0 Å². The van der Waals surface area contributed by atoms with E-state index in [2.05, 4.69) is 38.4 Å². The van der Waals surface area contributed by atoms with Crippen LogP contribution < -0.4 is 0 Å². The van der Waals surface area contributed by atoms with Crippen molar-refractivity contribution in [3.8, 4) is 0 Å². The normalized spacial score (nSPS) is 18.0. The predicted octanol–water partition coefficient (Wildman–Crippen LogP) is 4.49. The highest BCUT2D eigenvalue weighted by Gasteiger charge is 2.33. The summed E-state index contributed by atoms with van der Waals surface area (Å²) in [6, 6.07) is 8.52. The van der Waals surface area contributed by atoms with Gasteiger partial charge in [0.25, 0.3) is 0 Å². The number of benzene rings is 1. The summed E-state index contributed by atoms with van der Waals surface area (Å²) in [6.45, 7) is 3.83. The molecule has 1 fully saturated rings. The first kappa shape index (κ1) is 24.4. The third-order valence-electron chi connectivity index (χ3n) is 7.05. The van der Waals surface area contributed by atoms with Crippen molar-refractivity contribution in [3.05, 3.63) is 65.9 Å². The summed E-state index contributed by atoms with van der Waals surface area (Å²) in [7, 11) is 0. The van der Waals surface area contributed by atoms with E-state index in [0.29, 0.717) is 17.9 Å². The molecule has 2 aliphatic carbocycles. The fourth-order valence-electron chi connectivity index (χ4n) is 5.35. The van der Waals surface area contributed by atoms with Gasteiger partial charge in [-0.05, 0) is 44.6 Å². The minimum absolute atomic E-state index is 0.0520. The van der Waals surface area contributed by atoms with Gasteiger partial charge in [0.15, 0.2) is 5.78 Å². The Kier molecular flexibility index (Phi) is 7.48. The van der Waals surface area contributed by atoms with E-state index in [0.717, 1.165) is 48.6 Å². The first-order valence-electron chi connectivity index (χ1n) is 12.1. The van der Waals surface area contributed by atoms with E-state index in [1.807, 2.05) is 19.3 Å². The van der Waals surface area contributed by atoms with E-state index in [-0.39, 0.29) is 5.92 Å². The molecule has 0 aliphatic heterocycles. The van der Waals surface area contributed by atoms with Crippen molar-refractivity contribution in [1.82, 2.24) is 14.1 Å². The van der Waals surface area contributed by atoms with Gasteiger partial charge >= 0.3 is 11.9 Å². The number of hydrogen-bond donors (Lipinski definition) is 2. The van der Waals surface area contributed by atoms with Gasteiger partial charge in [-0.1, -0.05) is 31.0 Å². The van der Waals surface area contributed by atoms with Crippen molar-refractivity contribution in [2.45, 2.75) is 58.5 Å². The highest BCUT2D eigenvalue weighted by atomic mass is 16.4. The van der Waals surface area contributed by atoms with Gasteiger partial charge in [-0.2, -0.15) is 0 Å². The Hall–Kier alpha value is -3.68.